The Labute approximate surface area is 119 Å². The largest absolute Gasteiger partial charge is 0.398 e. The summed E-state index contributed by atoms with van der Waals surface area (Å²) < 4.78 is 0. The molecule has 0 radical (unpaired) electrons. The summed E-state index contributed by atoms with van der Waals surface area (Å²) in [5.41, 5.74) is 12.1. The predicted octanol–water partition coefficient (Wildman–Crippen LogP) is 3.75. The lowest BCUT2D eigenvalue weighted by Gasteiger charge is -2.14. The Hall–Kier alpha value is -2.29. The van der Waals surface area contributed by atoms with Crippen molar-refractivity contribution in [1.29, 1.82) is 0 Å². The average molecular weight is 268 g/mol. The summed E-state index contributed by atoms with van der Waals surface area (Å²) in [5, 5.41) is 2.97. The second-order valence-corrected chi connectivity index (χ2v) is 5.30. The fraction of sp³-hybridized carbons (Fsp3) is 0.235. The Morgan fingerprint density at radius 2 is 1.60 bits per heavy atom. The first-order valence-corrected chi connectivity index (χ1v) is 6.64. The highest BCUT2D eigenvalue weighted by atomic mass is 16.1. The summed E-state index contributed by atoms with van der Waals surface area (Å²) in [6.07, 6.45) is 0. The zero-order chi connectivity index (χ0) is 14.9. The van der Waals surface area contributed by atoms with Gasteiger partial charge in [-0.2, -0.15) is 0 Å². The third kappa shape index (κ3) is 2.82. The molecule has 20 heavy (non-hydrogen) atoms. The van der Waals surface area contributed by atoms with Gasteiger partial charge in [0.05, 0.1) is 0 Å². The minimum Gasteiger partial charge on any atom is -0.398 e. The van der Waals surface area contributed by atoms with Crippen LogP contribution in [0, 0.1) is 27.7 Å². The molecule has 0 spiro atoms. The number of carbonyl (C=O) groups is 1. The Morgan fingerprint density at radius 1 is 1.00 bits per heavy atom. The van der Waals surface area contributed by atoms with E-state index in [1.54, 1.807) is 0 Å². The van der Waals surface area contributed by atoms with Gasteiger partial charge in [-0.25, -0.2) is 0 Å². The lowest BCUT2D eigenvalue weighted by molar-refractivity contribution is 0.102. The second-order valence-electron chi connectivity index (χ2n) is 5.30. The van der Waals surface area contributed by atoms with Gasteiger partial charge in [-0.3, -0.25) is 4.79 Å². The molecule has 0 aliphatic heterocycles. The summed E-state index contributed by atoms with van der Waals surface area (Å²) in [4.78, 5) is 12.4. The van der Waals surface area contributed by atoms with Crippen LogP contribution in [-0.2, 0) is 0 Å². The topological polar surface area (TPSA) is 55.1 Å². The number of benzene rings is 2. The molecule has 3 N–H and O–H groups in total. The fourth-order valence-electron chi connectivity index (χ4n) is 2.35. The molecule has 2 aromatic carbocycles. The van der Waals surface area contributed by atoms with E-state index in [-0.39, 0.29) is 5.91 Å². The van der Waals surface area contributed by atoms with Gasteiger partial charge in [0.2, 0.25) is 0 Å². The molecule has 0 unspecified atom stereocenters. The molecular weight excluding hydrogens is 248 g/mol. The maximum Gasteiger partial charge on any atom is 0.255 e. The zero-order valence-corrected chi connectivity index (χ0v) is 12.4. The van der Waals surface area contributed by atoms with Crippen LogP contribution >= 0.6 is 0 Å². The maximum atomic E-state index is 12.4. The van der Waals surface area contributed by atoms with Gasteiger partial charge >= 0.3 is 0 Å². The van der Waals surface area contributed by atoms with Crippen LogP contribution in [-0.4, -0.2) is 5.91 Å². The molecule has 0 saturated carbocycles. The van der Waals surface area contributed by atoms with Crippen molar-refractivity contribution < 1.29 is 4.79 Å². The van der Waals surface area contributed by atoms with E-state index in [1.165, 1.54) is 0 Å². The summed E-state index contributed by atoms with van der Waals surface area (Å²) in [6, 6.07) is 9.60. The molecule has 104 valence electrons. The van der Waals surface area contributed by atoms with Crippen LogP contribution < -0.4 is 11.1 Å². The fourth-order valence-corrected chi connectivity index (χ4v) is 2.35. The Bertz CT molecular complexity index is 655. The number of amides is 1. The van der Waals surface area contributed by atoms with Gasteiger partial charge < -0.3 is 11.1 Å². The van der Waals surface area contributed by atoms with Crippen molar-refractivity contribution in [3.05, 3.63) is 58.1 Å². The SMILES string of the molecule is Cc1cc(C)cc(C(=O)Nc2c(C)ccc(N)c2C)c1. The molecule has 0 aliphatic carbocycles. The van der Waals surface area contributed by atoms with Gasteiger partial charge in [0.25, 0.3) is 5.91 Å². The molecule has 0 heterocycles. The molecule has 0 fully saturated rings. The highest BCUT2D eigenvalue weighted by Gasteiger charge is 2.11. The summed E-state index contributed by atoms with van der Waals surface area (Å²) in [5.74, 6) is -0.103. The summed E-state index contributed by atoms with van der Waals surface area (Å²) in [7, 11) is 0. The van der Waals surface area contributed by atoms with Crippen LogP contribution in [0.5, 0.6) is 0 Å². The molecule has 3 nitrogen and oxygen atoms in total. The summed E-state index contributed by atoms with van der Waals surface area (Å²) >= 11 is 0. The van der Waals surface area contributed by atoms with Crippen LogP contribution in [0.3, 0.4) is 0 Å². The number of hydrogen-bond donors (Lipinski definition) is 2. The molecule has 2 aromatic rings. The van der Waals surface area contributed by atoms with E-state index in [0.717, 1.165) is 27.9 Å². The quantitative estimate of drug-likeness (QED) is 0.815. The van der Waals surface area contributed by atoms with Gasteiger partial charge in [0.15, 0.2) is 0 Å². The van der Waals surface area contributed by atoms with E-state index in [4.69, 9.17) is 5.73 Å². The number of nitrogen functional groups attached to an aromatic ring is 1. The van der Waals surface area contributed by atoms with Crippen molar-refractivity contribution in [3.8, 4) is 0 Å². The first-order chi connectivity index (χ1) is 9.38. The van der Waals surface area contributed by atoms with Crippen LogP contribution in [0.15, 0.2) is 30.3 Å². The normalized spacial score (nSPS) is 10.4. The standard InChI is InChI=1S/C17H20N2O/c1-10-7-11(2)9-14(8-10)17(20)19-16-12(3)5-6-15(18)13(16)4/h5-9H,18H2,1-4H3,(H,19,20). The van der Waals surface area contributed by atoms with Gasteiger partial charge in [-0.1, -0.05) is 23.3 Å². The number of anilines is 2. The molecule has 1 amide bonds. The van der Waals surface area contributed by atoms with Gasteiger partial charge in [-0.15, -0.1) is 0 Å². The van der Waals surface area contributed by atoms with Crippen molar-refractivity contribution >= 4 is 17.3 Å². The number of carbonyl (C=O) groups excluding carboxylic acids is 1. The minimum atomic E-state index is -0.103. The smallest absolute Gasteiger partial charge is 0.255 e. The van der Waals surface area contributed by atoms with Crippen molar-refractivity contribution in [2.24, 2.45) is 0 Å². The third-order valence-electron chi connectivity index (χ3n) is 3.44. The van der Waals surface area contributed by atoms with Crippen molar-refractivity contribution in [2.75, 3.05) is 11.1 Å². The van der Waals surface area contributed by atoms with E-state index < -0.39 is 0 Å². The number of hydrogen-bond acceptors (Lipinski definition) is 2. The molecule has 0 aliphatic rings. The maximum absolute atomic E-state index is 12.4. The van der Waals surface area contributed by atoms with Crippen molar-refractivity contribution in [2.45, 2.75) is 27.7 Å². The molecule has 0 bridgehead atoms. The number of aryl methyl sites for hydroxylation is 3. The third-order valence-corrected chi connectivity index (χ3v) is 3.44. The first kappa shape index (κ1) is 14.1. The van der Waals surface area contributed by atoms with Crippen LogP contribution in [0.4, 0.5) is 11.4 Å². The zero-order valence-electron chi connectivity index (χ0n) is 12.4. The Balaban J connectivity index is 2.35. The van der Waals surface area contributed by atoms with Crippen molar-refractivity contribution in [3.63, 3.8) is 0 Å². The molecule has 2 rings (SSSR count). The Kier molecular flexibility index (Phi) is 3.79. The molecule has 3 heteroatoms. The molecule has 0 aromatic heterocycles. The van der Waals surface area contributed by atoms with Crippen molar-refractivity contribution in [1.82, 2.24) is 0 Å². The lowest BCUT2D eigenvalue weighted by atomic mass is 10.0. The van der Waals surface area contributed by atoms with E-state index in [0.29, 0.717) is 11.3 Å². The minimum absolute atomic E-state index is 0.103. The monoisotopic (exact) mass is 268 g/mol. The summed E-state index contributed by atoms with van der Waals surface area (Å²) in [6.45, 7) is 7.85. The highest BCUT2D eigenvalue weighted by Crippen LogP contribution is 2.25. The second kappa shape index (κ2) is 5.37. The van der Waals surface area contributed by atoms with Crippen LogP contribution in [0.2, 0.25) is 0 Å². The number of rotatable bonds is 2. The van der Waals surface area contributed by atoms with E-state index in [9.17, 15) is 4.79 Å². The molecule has 0 atom stereocenters. The van der Waals surface area contributed by atoms with Gasteiger partial charge in [-0.05, 0) is 57.0 Å². The molecular formula is C17H20N2O. The van der Waals surface area contributed by atoms with Gasteiger partial charge in [0.1, 0.15) is 0 Å². The highest BCUT2D eigenvalue weighted by molar-refractivity contribution is 6.05. The number of nitrogens with one attached hydrogen (secondary N) is 1. The first-order valence-electron chi connectivity index (χ1n) is 6.64. The average Bonchev–Trinajstić information content (AvgIpc) is 2.38. The van der Waals surface area contributed by atoms with E-state index in [1.807, 2.05) is 58.0 Å². The van der Waals surface area contributed by atoms with Gasteiger partial charge in [0, 0.05) is 16.9 Å². The number of nitrogens with two attached hydrogens (primary N) is 1. The van der Waals surface area contributed by atoms with E-state index in [2.05, 4.69) is 5.32 Å². The van der Waals surface area contributed by atoms with Crippen LogP contribution in [0.1, 0.15) is 32.6 Å². The molecule has 0 saturated heterocycles. The Morgan fingerprint density at radius 3 is 2.20 bits per heavy atom. The van der Waals surface area contributed by atoms with Crippen LogP contribution in [0.25, 0.3) is 0 Å². The lowest BCUT2D eigenvalue weighted by Crippen LogP contribution is -2.14. The predicted molar refractivity (Wildman–Crippen MR) is 84.2 cm³/mol. The van der Waals surface area contributed by atoms with E-state index >= 15 is 0 Å².